The molecular formula is C16H19N3O3S. The van der Waals surface area contributed by atoms with E-state index in [9.17, 15) is 9.59 Å². The molecule has 0 aliphatic heterocycles. The van der Waals surface area contributed by atoms with Crippen molar-refractivity contribution in [3.8, 4) is 0 Å². The molecule has 1 heterocycles. The van der Waals surface area contributed by atoms with Crippen molar-refractivity contribution < 1.29 is 14.3 Å². The van der Waals surface area contributed by atoms with E-state index in [1.54, 1.807) is 6.92 Å². The van der Waals surface area contributed by atoms with Gasteiger partial charge in [-0.15, -0.1) is 0 Å². The Morgan fingerprint density at radius 2 is 2.04 bits per heavy atom. The number of nitrogens with zero attached hydrogens (tertiary/aromatic N) is 1. The summed E-state index contributed by atoms with van der Waals surface area (Å²) in [5.41, 5.74) is 3.10. The molecule has 1 aromatic heterocycles. The Bertz CT molecular complexity index is 670. The van der Waals surface area contributed by atoms with Gasteiger partial charge in [-0.05, 0) is 19.4 Å². The zero-order chi connectivity index (χ0) is 16.7. The molecule has 2 amide bonds. The molecule has 2 rings (SSSR count). The largest absolute Gasteiger partial charge is 0.450 e. The fourth-order valence-corrected chi connectivity index (χ4v) is 2.69. The molecule has 0 fully saturated rings. The average molecular weight is 333 g/mol. The molecule has 0 aliphatic carbocycles. The van der Waals surface area contributed by atoms with Gasteiger partial charge < -0.3 is 9.72 Å². The molecule has 0 atom stereocenters. The van der Waals surface area contributed by atoms with E-state index in [2.05, 4.69) is 20.0 Å². The van der Waals surface area contributed by atoms with E-state index in [0.29, 0.717) is 5.16 Å². The van der Waals surface area contributed by atoms with Crippen LogP contribution < -0.4 is 5.32 Å². The molecule has 0 unspecified atom stereocenters. The summed E-state index contributed by atoms with van der Waals surface area (Å²) in [7, 11) is 0. The Kier molecular flexibility index (Phi) is 6.22. The number of alkyl carbamates (subject to hydrolysis) is 1. The second-order valence-electron chi connectivity index (χ2n) is 4.83. The molecule has 2 aromatic rings. The summed E-state index contributed by atoms with van der Waals surface area (Å²) < 4.78 is 4.65. The summed E-state index contributed by atoms with van der Waals surface area (Å²) in [6, 6.07) is 10.1. The Morgan fingerprint density at radius 3 is 2.74 bits per heavy atom. The Hall–Kier alpha value is -2.28. The number of carbonyl (C=O) groups is 2. The second-order valence-corrected chi connectivity index (χ2v) is 5.80. The molecule has 122 valence electrons. The standard InChI is InChI=1S/C16H19N3O3S/c1-3-22-16(21)19-14(20)10-23-15-17-11(2)13(18-15)9-12-7-5-4-6-8-12/h4-8H,3,9-10H2,1-2H3,(H,17,18)(H,19,20,21). The minimum atomic E-state index is -0.724. The number of nitrogens with one attached hydrogen (secondary N) is 2. The first-order valence-corrected chi connectivity index (χ1v) is 8.26. The maximum Gasteiger partial charge on any atom is 0.413 e. The first-order chi connectivity index (χ1) is 11.1. The van der Waals surface area contributed by atoms with Crippen LogP contribution in [0.1, 0.15) is 23.9 Å². The van der Waals surface area contributed by atoms with Crippen molar-refractivity contribution >= 4 is 23.8 Å². The molecule has 23 heavy (non-hydrogen) atoms. The van der Waals surface area contributed by atoms with Gasteiger partial charge in [-0.1, -0.05) is 42.1 Å². The maximum absolute atomic E-state index is 11.6. The van der Waals surface area contributed by atoms with Crippen molar-refractivity contribution in [3.63, 3.8) is 0 Å². The molecule has 7 heteroatoms. The van der Waals surface area contributed by atoms with Crippen LogP contribution in [0.4, 0.5) is 4.79 Å². The topological polar surface area (TPSA) is 84.1 Å². The SMILES string of the molecule is CCOC(=O)NC(=O)CSc1nc(Cc2ccccc2)c(C)[nH]1. The number of aryl methyl sites for hydroxylation is 1. The third kappa shape index (κ3) is 5.45. The number of ether oxygens (including phenoxy) is 1. The van der Waals surface area contributed by atoms with Gasteiger partial charge in [-0.3, -0.25) is 10.1 Å². The van der Waals surface area contributed by atoms with Gasteiger partial charge in [0.2, 0.25) is 5.91 Å². The van der Waals surface area contributed by atoms with Gasteiger partial charge in [-0.25, -0.2) is 9.78 Å². The third-order valence-electron chi connectivity index (χ3n) is 3.04. The quantitative estimate of drug-likeness (QED) is 0.794. The van der Waals surface area contributed by atoms with Crippen molar-refractivity contribution in [1.82, 2.24) is 15.3 Å². The molecular weight excluding hydrogens is 314 g/mol. The molecule has 0 saturated heterocycles. The van der Waals surface area contributed by atoms with Crippen molar-refractivity contribution in [3.05, 3.63) is 47.3 Å². The van der Waals surface area contributed by atoms with Gasteiger partial charge in [0.25, 0.3) is 0 Å². The minimum Gasteiger partial charge on any atom is -0.450 e. The van der Waals surface area contributed by atoms with Gasteiger partial charge in [0.15, 0.2) is 5.16 Å². The van der Waals surface area contributed by atoms with Crippen LogP contribution in [-0.2, 0) is 16.0 Å². The van der Waals surface area contributed by atoms with Crippen molar-refractivity contribution in [1.29, 1.82) is 0 Å². The van der Waals surface area contributed by atoms with Crippen molar-refractivity contribution in [2.24, 2.45) is 0 Å². The number of carbonyl (C=O) groups excluding carboxylic acids is 2. The van der Waals surface area contributed by atoms with E-state index >= 15 is 0 Å². The normalized spacial score (nSPS) is 10.3. The summed E-state index contributed by atoms with van der Waals surface area (Å²) in [5.74, 6) is -0.316. The van der Waals surface area contributed by atoms with Gasteiger partial charge >= 0.3 is 6.09 Å². The molecule has 0 aliphatic rings. The fraction of sp³-hybridized carbons (Fsp3) is 0.312. The van der Waals surface area contributed by atoms with E-state index in [0.717, 1.165) is 17.8 Å². The lowest BCUT2D eigenvalue weighted by molar-refractivity contribution is -0.117. The molecule has 0 saturated carbocycles. The third-order valence-corrected chi connectivity index (χ3v) is 3.91. The monoisotopic (exact) mass is 333 g/mol. The molecule has 0 radical (unpaired) electrons. The zero-order valence-corrected chi connectivity index (χ0v) is 13.9. The second kappa shape index (κ2) is 8.38. The average Bonchev–Trinajstić information content (AvgIpc) is 2.86. The minimum absolute atomic E-state index is 0.0938. The summed E-state index contributed by atoms with van der Waals surface area (Å²) in [4.78, 5) is 30.4. The summed E-state index contributed by atoms with van der Waals surface area (Å²) in [5, 5.41) is 2.81. The maximum atomic E-state index is 11.6. The lowest BCUT2D eigenvalue weighted by atomic mass is 10.1. The number of hydrogen-bond acceptors (Lipinski definition) is 5. The molecule has 6 nitrogen and oxygen atoms in total. The first-order valence-electron chi connectivity index (χ1n) is 7.27. The van der Waals surface area contributed by atoms with Crippen LogP contribution in [0.2, 0.25) is 0 Å². The molecule has 0 bridgehead atoms. The summed E-state index contributed by atoms with van der Waals surface area (Å²) >= 11 is 1.25. The predicted molar refractivity (Wildman–Crippen MR) is 88.5 cm³/mol. The van der Waals surface area contributed by atoms with Crippen LogP contribution >= 0.6 is 11.8 Å². The van der Waals surface area contributed by atoms with Crippen LogP contribution in [0.25, 0.3) is 0 Å². The van der Waals surface area contributed by atoms with Gasteiger partial charge in [-0.2, -0.15) is 0 Å². The van der Waals surface area contributed by atoms with Crippen LogP contribution in [0, 0.1) is 6.92 Å². The van der Waals surface area contributed by atoms with Crippen LogP contribution in [0.15, 0.2) is 35.5 Å². The van der Waals surface area contributed by atoms with Gasteiger partial charge in [0.1, 0.15) is 0 Å². The number of aromatic amines is 1. The number of imidazole rings is 1. The molecule has 2 N–H and O–H groups in total. The van der Waals surface area contributed by atoms with E-state index in [1.807, 2.05) is 37.3 Å². The Labute approximate surface area is 139 Å². The van der Waals surface area contributed by atoms with Crippen molar-refractivity contribution in [2.45, 2.75) is 25.4 Å². The van der Waals surface area contributed by atoms with Gasteiger partial charge in [0.05, 0.1) is 18.1 Å². The lowest BCUT2D eigenvalue weighted by Crippen LogP contribution is -2.32. The first kappa shape index (κ1) is 17.1. The number of amides is 2. The Morgan fingerprint density at radius 1 is 1.30 bits per heavy atom. The highest BCUT2D eigenvalue weighted by Crippen LogP contribution is 2.18. The van der Waals surface area contributed by atoms with E-state index < -0.39 is 12.0 Å². The van der Waals surface area contributed by atoms with E-state index in [1.165, 1.54) is 17.3 Å². The highest BCUT2D eigenvalue weighted by Gasteiger charge is 2.12. The number of thioether (sulfide) groups is 1. The number of benzene rings is 1. The van der Waals surface area contributed by atoms with E-state index in [-0.39, 0.29) is 12.4 Å². The summed E-state index contributed by atoms with van der Waals surface area (Å²) in [6.45, 7) is 3.86. The lowest BCUT2D eigenvalue weighted by Gasteiger charge is -2.02. The predicted octanol–water partition coefficient (Wildman–Crippen LogP) is 2.67. The smallest absolute Gasteiger partial charge is 0.413 e. The number of imide groups is 1. The molecule has 0 spiro atoms. The van der Waals surface area contributed by atoms with E-state index in [4.69, 9.17) is 0 Å². The zero-order valence-electron chi connectivity index (χ0n) is 13.1. The molecule has 1 aromatic carbocycles. The number of hydrogen-bond donors (Lipinski definition) is 2. The van der Waals surface area contributed by atoms with Crippen LogP contribution in [0.5, 0.6) is 0 Å². The summed E-state index contributed by atoms with van der Waals surface area (Å²) in [6.07, 6.45) is 0.0113. The number of rotatable bonds is 6. The Balaban J connectivity index is 1.88. The highest BCUT2D eigenvalue weighted by atomic mass is 32.2. The number of aromatic nitrogens is 2. The number of H-pyrrole nitrogens is 1. The van der Waals surface area contributed by atoms with Crippen molar-refractivity contribution in [2.75, 3.05) is 12.4 Å². The van der Waals surface area contributed by atoms with Gasteiger partial charge in [0, 0.05) is 12.1 Å². The fourth-order valence-electron chi connectivity index (χ4n) is 1.95. The van der Waals surface area contributed by atoms with Crippen LogP contribution in [-0.4, -0.2) is 34.3 Å². The van der Waals surface area contributed by atoms with Crippen LogP contribution in [0.3, 0.4) is 0 Å². The highest BCUT2D eigenvalue weighted by molar-refractivity contribution is 7.99.